The molecule has 0 radical (unpaired) electrons. The normalized spacial score (nSPS) is 16.1. The molecule has 3 rings (SSSR count). The summed E-state index contributed by atoms with van der Waals surface area (Å²) < 4.78 is 10.3. The van der Waals surface area contributed by atoms with E-state index in [0.29, 0.717) is 24.3 Å². The van der Waals surface area contributed by atoms with Gasteiger partial charge in [0.05, 0.1) is 12.3 Å². The Balaban J connectivity index is 1.49. The first-order valence-electron chi connectivity index (χ1n) is 8.12. The van der Waals surface area contributed by atoms with Crippen LogP contribution in [0.4, 0.5) is 5.13 Å². The Morgan fingerprint density at radius 3 is 2.65 bits per heavy atom. The lowest BCUT2D eigenvalue weighted by molar-refractivity contribution is 0.214. The molecule has 0 spiro atoms. The van der Waals surface area contributed by atoms with E-state index in [-0.39, 0.29) is 0 Å². The molecule has 0 amide bonds. The Kier molecular flexibility index (Phi) is 5.05. The molecule has 0 N–H and O–H groups in total. The van der Waals surface area contributed by atoms with Crippen LogP contribution in [0.2, 0.25) is 0 Å². The Morgan fingerprint density at radius 2 is 2.00 bits per heavy atom. The summed E-state index contributed by atoms with van der Waals surface area (Å²) in [6.07, 6.45) is 5.58. The number of hydrogen-bond acceptors (Lipinski definition) is 7. The summed E-state index contributed by atoms with van der Waals surface area (Å²) in [6, 6.07) is 0. The molecule has 1 saturated heterocycles. The van der Waals surface area contributed by atoms with Crippen LogP contribution in [0.3, 0.4) is 0 Å². The fraction of sp³-hybridized carbons (Fsp3) is 0.625. The highest BCUT2D eigenvalue weighted by Gasteiger charge is 2.23. The van der Waals surface area contributed by atoms with Crippen molar-refractivity contribution in [1.29, 1.82) is 0 Å². The summed E-state index contributed by atoms with van der Waals surface area (Å²) in [5, 5.41) is 1.05. The third kappa shape index (κ3) is 3.96. The number of rotatable bonds is 5. The van der Waals surface area contributed by atoms with Crippen LogP contribution >= 0.6 is 11.5 Å². The Bertz CT molecular complexity index is 637. The van der Waals surface area contributed by atoms with Gasteiger partial charge in [-0.15, -0.1) is 0 Å². The molecule has 0 aliphatic carbocycles. The van der Waals surface area contributed by atoms with Crippen molar-refractivity contribution in [2.24, 2.45) is 5.92 Å². The molecular formula is C16H23N5OS. The smallest absolute Gasteiger partial charge is 0.235 e. The van der Waals surface area contributed by atoms with Crippen LogP contribution < -0.4 is 9.64 Å². The van der Waals surface area contributed by atoms with E-state index in [4.69, 9.17) is 4.74 Å². The predicted octanol–water partition coefficient (Wildman–Crippen LogP) is 3.06. The minimum absolute atomic E-state index is 0.390. The van der Waals surface area contributed by atoms with Crippen LogP contribution in [0.1, 0.15) is 44.1 Å². The molecule has 1 aliphatic heterocycles. The third-order valence-electron chi connectivity index (χ3n) is 4.12. The first-order chi connectivity index (χ1) is 11.1. The molecule has 0 unspecified atom stereocenters. The number of piperidine rings is 1. The van der Waals surface area contributed by atoms with Crippen molar-refractivity contribution in [3.05, 3.63) is 23.9 Å². The summed E-state index contributed by atoms with van der Waals surface area (Å²) in [5.74, 6) is 2.56. The molecule has 2 aromatic heterocycles. The monoisotopic (exact) mass is 333 g/mol. The zero-order valence-corrected chi connectivity index (χ0v) is 14.7. The quantitative estimate of drug-likeness (QED) is 0.838. The molecular weight excluding hydrogens is 310 g/mol. The lowest BCUT2D eigenvalue weighted by Crippen LogP contribution is -2.35. The maximum absolute atomic E-state index is 5.84. The Morgan fingerprint density at radius 1 is 1.26 bits per heavy atom. The third-order valence-corrected chi connectivity index (χ3v) is 4.92. The average molecular weight is 333 g/mol. The maximum Gasteiger partial charge on any atom is 0.235 e. The zero-order valence-electron chi connectivity index (χ0n) is 13.9. The van der Waals surface area contributed by atoms with Gasteiger partial charge in [0.2, 0.25) is 11.0 Å². The molecule has 0 bridgehead atoms. The topological polar surface area (TPSA) is 64.0 Å². The molecule has 7 heteroatoms. The van der Waals surface area contributed by atoms with Crippen molar-refractivity contribution in [1.82, 2.24) is 19.3 Å². The second kappa shape index (κ2) is 7.21. The van der Waals surface area contributed by atoms with E-state index in [2.05, 4.69) is 38.1 Å². The molecule has 0 atom stereocenters. The number of nitrogens with zero attached hydrogens (tertiary/aromatic N) is 5. The molecule has 0 aromatic carbocycles. The second-order valence-corrected chi connectivity index (χ2v) is 7.01. The summed E-state index contributed by atoms with van der Waals surface area (Å²) in [5.41, 5.74) is 0.847. The molecule has 3 heterocycles. The van der Waals surface area contributed by atoms with E-state index in [1.165, 1.54) is 11.5 Å². The molecule has 1 aliphatic rings. The summed E-state index contributed by atoms with van der Waals surface area (Å²) in [6.45, 7) is 8.92. The Hall–Kier alpha value is -1.76. The first kappa shape index (κ1) is 16.1. The maximum atomic E-state index is 5.84. The van der Waals surface area contributed by atoms with E-state index >= 15 is 0 Å². The molecule has 23 heavy (non-hydrogen) atoms. The minimum atomic E-state index is 0.390. The van der Waals surface area contributed by atoms with Crippen molar-refractivity contribution in [3.63, 3.8) is 0 Å². The fourth-order valence-electron chi connectivity index (χ4n) is 2.61. The Labute approximate surface area is 141 Å². The van der Waals surface area contributed by atoms with Crippen LogP contribution in [0, 0.1) is 12.8 Å². The fourth-order valence-corrected chi connectivity index (χ4v) is 3.47. The van der Waals surface area contributed by atoms with Crippen molar-refractivity contribution >= 4 is 16.7 Å². The number of aryl methyl sites for hydroxylation is 1. The number of hydrogen-bond donors (Lipinski definition) is 0. The van der Waals surface area contributed by atoms with E-state index in [0.717, 1.165) is 42.6 Å². The van der Waals surface area contributed by atoms with Gasteiger partial charge >= 0.3 is 0 Å². The van der Waals surface area contributed by atoms with Crippen molar-refractivity contribution in [2.75, 3.05) is 24.6 Å². The van der Waals surface area contributed by atoms with Crippen molar-refractivity contribution < 1.29 is 4.74 Å². The largest absolute Gasteiger partial charge is 0.476 e. The molecule has 0 saturated carbocycles. The van der Waals surface area contributed by atoms with Crippen LogP contribution in [0.15, 0.2) is 12.4 Å². The van der Waals surface area contributed by atoms with Gasteiger partial charge in [-0.05, 0) is 25.7 Å². The highest BCUT2D eigenvalue weighted by Crippen LogP contribution is 2.27. The van der Waals surface area contributed by atoms with Gasteiger partial charge in [0.15, 0.2) is 0 Å². The van der Waals surface area contributed by atoms with Gasteiger partial charge in [0.25, 0.3) is 0 Å². The zero-order chi connectivity index (χ0) is 16.2. The van der Waals surface area contributed by atoms with Gasteiger partial charge in [-0.3, -0.25) is 4.98 Å². The lowest BCUT2D eigenvalue weighted by atomic mass is 9.98. The predicted molar refractivity (Wildman–Crippen MR) is 91.2 cm³/mol. The minimum Gasteiger partial charge on any atom is -0.476 e. The van der Waals surface area contributed by atoms with Crippen molar-refractivity contribution in [2.45, 2.75) is 39.5 Å². The van der Waals surface area contributed by atoms with Crippen LogP contribution in [0.5, 0.6) is 5.88 Å². The SMILES string of the molecule is Cc1nccnc1OCC1CCN(c2nc(C(C)C)ns2)CC1. The lowest BCUT2D eigenvalue weighted by Gasteiger charge is -2.31. The van der Waals surface area contributed by atoms with E-state index in [1.807, 2.05) is 6.92 Å². The molecule has 1 fully saturated rings. The van der Waals surface area contributed by atoms with Gasteiger partial charge in [-0.2, -0.15) is 4.37 Å². The number of ether oxygens (including phenoxy) is 1. The highest BCUT2D eigenvalue weighted by molar-refractivity contribution is 7.09. The van der Waals surface area contributed by atoms with Crippen LogP contribution in [0.25, 0.3) is 0 Å². The standard InChI is InChI=1S/C16H23N5OS/c1-11(2)14-19-16(23-20-14)21-8-4-13(5-9-21)10-22-15-12(3)17-6-7-18-15/h6-7,11,13H,4-5,8-10H2,1-3H3. The molecule has 2 aromatic rings. The molecule has 124 valence electrons. The van der Waals surface area contributed by atoms with Gasteiger partial charge in [0, 0.05) is 42.9 Å². The summed E-state index contributed by atoms with van der Waals surface area (Å²) in [7, 11) is 0. The van der Waals surface area contributed by atoms with Gasteiger partial charge in [-0.25, -0.2) is 9.97 Å². The highest BCUT2D eigenvalue weighted by atomic mass is 32.1. The van der Waals surface area contributed by atoms with Crippen molar-refractivity contribution in [3.8, 4) is 5.88 Å². The van der Waals surface area contributed by atoms with Crippen LogP contribution in [-0.2, 0) is 0 Å². The average Bonchev–Trinajstić information content (AvgIpc) is 3.05. The molecule has 6 nitrogen and oxygen atoms in total. The van der Waals surface area contributed by atoms with E-state index < -0.39 is 0 Å². The second-order valence-electron chi connectivity index (χ2n) is 6.28. The first-order valence-corrected chi connectivity index (χ1v) is 8.89. The van der Waals surface area contributed by atoms with Gasteiger partial charge in [0.1, 0.15) is 5.82 Å². The van der Waals surface area contributed by atoms with E-state index in [9.17, 15) is 0 Å². The van der Waals surface area contributed by atoms with Gasteiger partial charge < -0.3 is 9.64 Å². The van der Waals surface area contributed by atoms with E-state index in [1.54, 1.807) is 12.4 Å². The summed E-state index contributed by atoms with van der Waals surface area (Å²) in [4.78, 5) is 15.4. The summed E-state index contributed by atoms with van der Waals surface area (Å²) >= 11 is 1.51. The van der Waals surface area contributed by atoms with Crippen LogP contribution in [-0.4, -0.2) is 39.0 Å². The number of anilines is 1. The van der Waals surface area contributed by atoms with Gasteiger partial charge in [-0.1, -0.05) is 13.8 Å². The number of aromatic nitrogens is 4.